The summed E-state index contributed by atoms with van der Waals surface area (Å²) in [5.41, 5.74) is 0.242. The molecule has 172 valence electrons. The Morgan fingerprint density at radius 2 is 1.69 bits per heavy atom. The minimum atomic E-state index is 0. The fraction of sp³-hybridized carbons (Fsp3) is 0.952. The molecule has 0 unspecified atom stereocenters. The summed E-state index contributed by atoms with van der Waals surface area (Å²) in [4.78, 5) is 7.04. The first-order valence-electron chi connectivity index (χ1n) is 11.2. The first kappa shape index (κ1) is 26.9. The van der Waals surface area contributed by atoms with Crippen LogP contribution < -0.4 is 10.6 Å². The molecule has 2 rings (SSSR count). The third-order valence-electron chi connectivity index (χ3n) is 5.83. The zero-order valence-corrected chi connectivity index (χ0v) is 20.9. The zero-order chi connectivity index (χ0) is 19.9. The predicted molar refractivity (Wildman–Crippen MR) is 130 cm³/mol. The van der Waals surface area contributed by atoms with Crippen molar-refractivity contribution in [2.45, 2.75) is 57.4 Å². The number of nitrogens with one attached hydrogen (secondary N) is 2. The number of rotatable bonds is 12. The molecule has 0 aromatic rings. The van der Waals surface area contributed by atoms with Gasteiger partial charge in [0.05, 0.1) is 33.0 Å². The molecule has 7 nitrogen and oxygen atoms in total. The van der Waals surface area contributed by atoms with Crippen LogP contribution in [0.15, 0.2) is 4.99 Å². The van der Waals surface area contributed by atoms with E-state index in [1.165, 1.54) is 38.5 Å². The van der Waals surface area contributed by atoms with E-state index in [-0.39, 0.29) is 29.5 Å². The summed E-state index contributed by atoms with van der Waals surface area (Å²) >= 11 is 0. The largest absolute Gasteiger partial charge is 0.379 e. The van der Waals surface area contributed by atoms with Gasteiger partial charge in [0, 0.05) is 45.4 Å². The number of unbranched alkanes of at least 4 members (excludes halogenated alkanes) is 1. The van der Waals surface area contributed by atoms with Crippen molar-refractivity contribution >= 4 is 29.9 Å². The number of aliphatic imine (C=N–C) groups is 1. The van der Waals surface area contributed by atoms with Gasteiger partial charge in [-0.25, -0.2) is 0 Å². The Morgan fingerprint density at radius 3 is 2.34 bits per heavy atom. The van der Waals surface area contributed by atoms with Gasteiger partial charge in [-0.05, 0) is 19.3 Å². The zero-order valence-electron chi connectivity index (χ0n) is 18.5. The van der Waals surface area contributed by atoms with Crippen LogP contribution in [0, 0.1) is 0 Å². The van der Waals surface area contributed by atoms with E-state index in [2.05, 4.69) is 27.4 Å². The van der Waals surface area contributed by atoms with E-state index < -0.39 is 0 Å². The van der Waals surface area contributed by atoms with E-state index in [0.29, 0.717) is 19.8 Å². The number of halogens is 1. The summed E-state index contributed by atoms with van der Waals surface area (Å²) in [5, 5.41) is 6.95. The number of guanidine groups is 1. The van der Waals surface area contributed by atoms with Crippen molar-refractivity contribution in [1.29, 1.82) is 0 Å². The fourth-order valence-electron chi connectivity index (χ4n) is 4.13. The predicted octanol–water partition coefficient (Wildman–Crippen LogP) is 2.64. The number of hydrogen-bond donors (Lipinski definition) is 2. The molecule has 8 heteroatoms. The van der Waals surface area contributed by atoms with Gasteiger partial charge in [-0.3, -0.25) is 9.89 Å². The van der Waals surface area contributed by atoms with Crippen molar-refractivity contribution in [3.63, 3.8) is 0 Å². The lowest BCUT2D eigenvalue weighted by atomic mass is 9.80. The van der Waals surface area contributed by atoms with Crippen molar-refractivity contribution in [2.75, 3.05) is 72.9 Å². The van der Waals surface area contributed by atoms with E-state index in [1.807, 2.05) is 7.05 Å². The standard InChI is InChI=1S/C21H42N4O3.HI/c1-3-4-13-26-17-18-27-14-10-23-20(22-2)24-19-21(8-6-5-7-9-21)25-11-15-28-16-12-25;/h3-19H2,1-2H3,(H2,22,23,24);1H. The third kappa shape index (κ3) is 10.1. The minimum absolute atomic E-state index is 0. The quantitative estimate of drug-likeness (QED) is 0.177. The number of morpholine rings is 1. The fourth-order valence-corrected chi connectivity index (χ4v) is 4.13. The van der Waals surface area contributed by atoms with Crippen LogP contribution in [0.1, 0.15) is 51.9 Å². The average Bonchev–Trinajstić information content (AvgIpc) is 2.76. The summed E-state index contributed by atoms with van der Waals surface area (Å²) in [6.45, 7) is 10.5. The molecule has 1 saturated carbocycles. The lowest BCUT2D eigenvalue weighted by Gasteiger charge is -2.48. The van der Waals surface area contributed by atoms with Gasteiger partial charge in [0.25, 0.3) is 0 Å². The Kier molecular flexibility index (Phi) is 15.3. The van der Waals surface area contributed by atoms with Crippen molar-refractivity contribution < 1.29 is 14.2 Å². The Bertz CT molecular complexity index is 428. The molecule has 0 bridgehead atoms. The second-order valence-corrected chi connectivity index (χ2v) is 7.82. The molecular weight excluding hydrogens is 483 g/mol. The molecule has 0 radical (unpaired) electrons. The maximum Gasteiger partial charge on any atom is 0.191 e. The molecule has 29 heavy (non-hydrogen) atoms. The van der Waals surface area contributed by atoms with Gasteiger partial charge in [-0.1, -0.05) is 32.6 Å². The molecule has 0 atom stereocenters. The maximum absolute atomic E-state index is 5.63. The molecule has 1 heterocycles. The lowest BCUT2D eigenvalue weighted by Crippen LogP contribution is -2.60. The van der Waals surface area contributed by atoms with Crippen LogP contribution in [0.4, 0.5) is 0 Å². The van der Waals surface area contributed by atoms with E-state index in [4.69, 9.17) is 14.2 Å². The van der Waals surface area contributed by atoms with Gasteiger partial charge in [-0.15, -0.1) is 24.0 Å². The summed E-state index contributed by atoms with van der Waals surface area (Å²) in [7, 11) is 1.83. The second-order valence-electron chi connectivity index (χ2n) is 7.82. The van der Waals surface area contributed by atoms with E-state index in [0.717, 1.165) is 58.4 Å². The topological polar surface area (TPSA) is 67.4 Å². The molecule has 0 aromatic heterocycles. The SMILES string of the molecule is CCCCOCCOCCNC(=NC)NCC1(N2CCOCC2)CCCCC1.I. The van der Waals surface area contributed by atoms with Crippen molar-refractivity contribution in [2.24, 2.45) is 4.99 Å². The smallest absolute Gasteiger partial charge is 0.191 e. The summed E-state index contributed by atoms with van der Waals surface area (Å²) < 4.78 is 16.7. The summed E-state index contributed by atoms with van der Waals surface area (Å²) in [5.74, 6) is 0.862. The van der Waals surface area contributed by atoms with Crippen molar-refractivity contribution in [1.82, 2.24) is 15.5 Å². The van der Waals surface area contributed by atoms with Crippen molar-refractivity contribution in [3.8, 4) is 0 Å². The number of nitrogens with zero attached hydrogens (tertiary/aromatic N) is 2. The van der Waals surface area contributed by atoms with Crippen LogP contribution in [-0.4, -0.2) is 89.3 Å². The molecule has 2 fully saturated rings. The molecular formula is C21H43IN4O3. The molecule has 2 aliphatic rings. The lowest BCUT2D eigenvalue weighted by molar-refractivity contribution is -0.0352. The third-order valence-corrected chi connectivity index (χ3v) is 5.83. The molecule has 2 N–H and O–H groups in total. The van der Waals surface area contributed by atoms with Gasteiger partial charge in [0.2, 0.25) is 0 Å². The van der Waals surface area contributed by atoms with Crippen LogP contribution in [0.3, 0.4) is 0 Å². The van der Waals surface area contributed by atoms with Crippen LogP contribution in [-0.2, 0) is 14.2 Å². The number of ether oxygens (including phenoxy) is 3. The van der Waals surface area contributed by atoms with E-state index >= 15 is 0 Å². The minimum Gasteiger partial charge on any atom is -0.379 e. The van der Waals surface area contributed by atoms with Gasteiger partial charge in [-0.2, -0.15) is 0 Å². The molecule has 0 amide bonds. The number of hydrogen-bond acceptors (Lipinski definition) is 5. The van der Waals surface area contributed by atoms with Crippen molar-refractivity contribution in [3.05, 3.63) is 0 Å². The first-order valence-corrected chi connectivity index (χ1v) is 11.2. The first-order chi connectivity index (χ1) is 13.8. The second kappa shape index (κ2) is 16.5. The Morgan fingerprint density at radius 1 is 1.00 bits per heavy atom. The molecule has 1 aliphatic carbocycles. The molecule has 1 saturated heterocycles. The summed E-state index contributed by atoms with van der Waals surface area (Å²) in [6, 6.07) is 0. The van der Waals surface area contributed by atoms with Crippen LogP contribution in [0.5, 0.6) is 0 Å². The Balaban J connectivity index is 0.00000420. The molecule has 0 spiro atoms. The maximum atomic E-state index is 5.63. The molecule has 1 aliphatic heterocycles. The highest BCUT2D eigenvalue weighted by Crippen LogP contribution is 2.33. The molecule has 0 aromatic carbocycles. The van der Waals surface area contributed by atoms with Gasteiger partial charge in [0.15, 0.2) is 5.96 Å². The van der Waals surface area contributed by atoms with Gasteiger partial charge in [0.1, 0.15) is 0 Å². The van der Waals surface area contributed by atoms with E-state index in [1.54, 1.807) is 0 Å². The van der Waals surface area contributed by atoms with Gasteiger partial charge >= 0.3 is 0 Å². The monoisotopic (exact) mass is 526 g/mol. The summed E-state index contributed by atoms with van der Waals surface area (Å²) in [6.07, 6.45) is 8.81. The van der Waals surface area contributed by atoms with Gasteiger partial charge < -0.3 is 24.8 Å². The van der Waals surface area contributed by atoms with Crippen LogP contribution in [0.25, 0.3) is 0 Å². The highest BCUT2D eigenvalue weighted by molar-refractivity contribution is 14.0. The van der Waals surface area contributed by atoms with Crippen LogP contribution in [0.2, 0.25) is 0 Å². The average molecular weight is 527 g/mol. The Hall–Kier alpha value is -0.160. The Labute approximate surface area is 194 Å². The highest BCUT2D eigenvalue weighted by atomic mass is 127. The van der Waals surface area contributed by atoms with E-state index in [9.17, 15) is 0 Å². The highest BCUT2D eigenvalue weighted by Gasteiger charge is 2.38. The van der Waals surface area contributed by atoms with Crippen LogP contribution >= 0.6 is 24.0 Å². The normalized spacial score (nSPS) is 20.1.